The van der Waals surface area contributed by atoms with Crippen molar-refractivity contribution in [3.05, 3.63) is 59.7 Å². The normalized spacial score (nSPS) is 26.7. The maximum atomic E-state index is 13.3. The van der Waals surface area contributed by atoms with Gasteiger partial charge in [-0.05, 0) is 80.9 Å². The minimum Gasteiger partial charge on any atom is -0.495 e. The van der Waals surface area contributed by atoms with E-state index in [1.807, 2.05) is 19.1 Å². The van der Waals surface area contributed by atoms with Gasteiger partial charge < -0.3 is 20.1 Å². The number of rotatable bonds is 8. The summed E-state index contributed by atoms with van der Waals surface area (Å²) in [5.74, 6) is 1.24. The van der Waals surface area contributed by atoms with Gasteiger partial charge in [0, 0.05) is 11.0 Å². The maximum Gasteiger partial charge on any atom is 0.326 e. The Hall–Kier alpha value is -3.35. The number of anilines is 1. The molecule has 4 saturated carbocycles. The second kappa shape index (κ2) is 9.96. The highest BCUT2D eigenvalue weighted by atomic mass is 16.5. The van der Waals surface area contributed by atoms with Crippen LogP contribution in [0.25, 0.3) is 0 Å². The Kier molecular flexibility index (Phi) is 6.73. The SMILES string of the molecule is COc1ccc(C)cc1NC(=O)C(OC(=O)CNC(=O)C12CC3CC(CC(C3)C1)C2)c1ccccc1. The number of hydrogen-bond donors (Lipinski definition) is 2. The molecule has 0 aromatic heterocycles. The first-order valence-corrected chi connectivity index (χ1v) is 12.8. The number of benzene rings is 2. The van der Waals surface area contributed by atoms with E-state index in [9.17, 15) is 14.4 Å². The van der Waals surface area contributed by atoms with E-state index in [1.165, 1.54) is 26.4 Å². The summed E-state index contributed by atoms with van der Waals surface area (Å²) >= 11 is 0. The van der Waals surface area contributed by atoms with Crippen LogP contribution >= 0.6 is 0 Å². The number of aryl methyl sites for hydroxylation is 1. The quantitative estimate of drug-likeness (QED) is 0.529. The van der Waals surface area contributed by atoms with E-state index in [4.69, 9.17) is 9.47 Å². The van der Waals surface area contributed by atoms with Gasteiger partial charge in [0.05, 0.1) is 12.8 Å². The van der Waals surface area contributed by atoms with Gasteiger partial charge in [-0.15, -0.1) is 0 Å². The third-order valence-electron chi connectivity index (χ3n) is 8.12. The van der Waals surface area contributed by atoms with E-state index < -0.39 is 18.0 Å². The minimum absolute atomic E-state index is 0.0382. The van der Waals surface area contributed by atoms with Crippen molar-refractivity contribution in [2.24, 2.45) is 23.2 Å². The van der Waals surface area contributed by atoms with Gasteiger partial charge in [0.2, 0.25) is 12.0 Å². The lowest BCUT2D eigenvalue weighted by molar-refractivity contribution is -0.156. The first-order chi connectivity index (χ1) is 17.3. The number of ether oxygens (including phenoxy) is 2. The van der Waals surface area contributed by atoms with Crippen LogP contribution in [0.4, 0.5) is 5.69 Å². The molecule has 0 saturated heterocycles. The summed E-state index contributed by atoms with van der Waals surface area (Å²) in [5.41, 5.74) is 1.65. The largest absolute Gasteiger partial charge is 0.495 e. The molecule has 2 aromatic rings. The molecule has 1 unspecified atom stereocenters. The summed E-state index contributed by atoms with van der Waals surface area (Å²) in [6.45, 7) is 1.65. The van der Waals surface area contributed by atoms with Gasteiger partial charge in [-0.3, -0.25) is 14.4 Å². The third kappa shape index (κ3) is 4.97. The predicted octanol–water partition coefficient (Wildman–Crippen LogP) is 4.56. The van der Waals surface area contributed by atoms with E-state index in [0.717, 1.165) is 24.8 Å². The lowest BCUT2D eigenvalue weighted by Gasteiger charge is -2.55. The fourth-order valence-corrected chi connectivity index (χ4v) is 6.92. The minimum atomic E-state index is -1.17. The standard InChI is InChI=1S/C29H34N2O5/c1-18-8-9-24(35-2)23(10-18)31-27(33)26(22-6-4-3-5-7-22)36-25(32)17-30-28(34)29-14-19-11-20(15-29)13-21(12-19)16-29/h3-10,19-21,26H,11-17H2,1-2H3,(H,30,34)(H,31,33). The van der Waals surface area contributed by atoms with Gasteiger partial charge in [-0.25, -0.2) is 0 Å². The van der Waals surface area contributed by atoms with Crippen LogP contribution < -0.4 is 15.4 Å². The zero-order valence-electron chi connectivity index (χ0n) is 20.9. The molecule has 2 aromatic carbocycles. The van der Waals surface area contributed by atoms with Crippen molar-refractivity contribution in [1.29, 1.82) is 0 Å². The molecule has 190 valence electrons. The molecule has 2 amide bonds. The van der Waals surface area contributed by atoms with Crippen LogP contribution in [-0.4, -0.2) is 31.4 Å². The molecule has 6 rings (SSSR count). The molecule has 2 N–H and O–H groups in total. The molecular weight excluding hydrogens is 456 g/mol. The third-order valence-corrected chi connectivity index (χ3v) is 8.12. The average Bonchev–Trinajstić information content (AvgIpc) is 2.85. The van der Waals surface area contributed by atoms with Gasteiger partial charge in [-0.2, -0.15) is 0 Å². The smallest absolute Gasteiger partial charge is 0.326 e. The summed E-state index contributed by atoms with van der Waals surface area (Å²) in [7, 11) is 1.53. The molecule has 0 aliphatic heterocycles. The van der Waals surface area contributed by atoms with Crippen molar-refractivity contribution in [3.8, 4) is 5.75 Å². The van der Waals surface area contributed by atoms with Crippen molar-refractivity contribution in [2.45, 2.75) is 51.6 Å². The van der Waals surface area contributed by atoms with Gasteiger partial charge in [0.25, 0.3) is 5.91 Å². The average molecular weight is 491 g/mol. The van der Waals surface area contributed by atoms with E-state index in [0.29, 0.717) is 34.8 Å². The van der Waals surface area contributed by atoms with E-state index >= 15 is 0 Å². The highest BCUT2D eigenvalue weighted by molar-refractivity contribution is 5.97. The molecule has 4 bridgehead atoms. The molecule has 1 atom stereocenters. The monoisotopic (exact) mass is 490 g/mol. The Morgan fingerprint density at radius 3 is 2.22 bits per heavy atom. The van der Waals surface area contributed by atoms with Gasteiger partial charge >= 0.3 is 5.97 Å². The summed E-state index contributed by atoms with van der Waals surface area (Å²) in [6, 6.07) is 14.3. The van der Waals surface area contributed by atoms with Crippen molar-refractivity contribution in [2.75, 3.05) is 19.0 Å². The number of amides is 2. The molecule has 0 heterocycles. The van der Waals surface area contributed by atoms with Crippen LogP contribution in [0.15, 0.2) is 48.5 Å². The molecule has 4 aliphatic rings. The number of carbonyl (C=O) groups is 3. The number of methoxy groups -OCH3 is 1. The summed E-state index contributed by atoms with van der Waals surface area (Å²) in [6.07, 6.45) is 5.34. The summed E-state index contributed by atoms with van der Waals surface area (Å²) in [4.78, 5) is 39.3. The predicted molar refractivity (Wildman–Crippen MR) is 135 cm³/mol. The Morgan fingerprint density at radius 1 is 0.972 bits per heavy atom. The van der Waals surface area contributed by atoms with Gasteiger partial charge in [0.1, 0.15) is 12.3 Å². The molecule has 4 aliphatic carbocycles. The van der Waals surface area contributed by atoms with Crippen LogP contribution in [0.2, 0.25) is 0 Å². The Balaban J connectivity index is 1.25. The first kappa shape index (κ1) is 24.3. The van der Waals surface area contributed by atoms with Crippen molar-refractivity contribution < 1.29 is 23.9 Å². The highest BCUT2D eigenvalue weighted by Gasteiger charge is 2.54. The molecule has 7 heteroatoms. The second-order valence-electron chi connectivity index (χ2n) is 10.9. The molecule has 4 fully saturated rings. The topological polar surface area (TPSA) is 93.7 Å². The van der Waals surface area contributed by atoms with Gasteiger partial charge in [0.15, 0.2) is 0 Å². The van der Waals surface area contributed by atoms with Crippen LogP contribution in [0.5, 0.6) is 5.75 Å². The summed E-state index contributed by atoms with van der Waals surface area (Å²) < 4.78 is 11.0. The van der Waals surface area contributed by atoms with Crippen LogP contribution in [-0.2, 0) is 19.1 Å². The van der Waals surface area contributed by atoms with Crippen molar-refractivity contribution in [3.63, 3.8) is 0 Å². The highest BCUT2D eigenvalue weighted by Crippen LogP contribution is 2.60. The lowest BCUT2D eigenvalue weighted by atomic mass is 9.49. The fraction of sp³-hybridized carbons (Fsp3) is 0.483. The summed E-state index contributed by atoms with van der Waals surface area (Å²) in [5, 5.41) is 5.68. The van der Waals surface area contributed by atoms with Crippen LogP contribution in [0, 0.1) is 30.1 Å². The molecular formula is C29H34N2O5. The van der Waals surface area contributed by atoms with E-state index in [2.05, 4.69) is 10.6 Å². The van der Waals surface area contributed by atoms with Crippen molar-refractivity contribution >= 4 is 23.5 Å². The second-order valence-corrected chi connectivity index (χ2v) is 10.9. The Morgan fingerprint density at radius 2 is 1.61 bits per heavy atom. The molecule has 0 spiro atoms. The van der Waals surface area contributed by atoms with E-state index in [1.54, 1.807) is 36.4 Å². The van der Waals surface area contributed by atoms with Crippen LogP contribution in [0.3, 0.4) is 0 Å². The zero-order valence-corrected chi connectivity index (χ0v) is 20.9. The number of carbonyl (C=O) groups excluding carboxylic acids is 3. The maximum absolute atomic E-state index is 13.3. The van der Waals surface area contributed by atoms with Gasteiger partial charge in [-0.1, -0.05) is 36.4 Å². The first-order valence-electron chi connectivity index (χ1n) is 12.8. The molecule has 7 nitrogen and oxygen atoms in total. The number of hydrogen-bond acceptors (Lipinski definition) is 5. The number of nitrogens with one attached hydrogen (secondary N) is 2. The van der Waals surface area contributed by atoms with Crippen molar-refractivity contribution in [1.82, 2.24) is 5.32 Å². The van der Waals surface area contributed by atoms with Crippen LogP contribution in [0.1, 0.15) is 55.8 Å². The number of esters is 1. The Bertz CT molecular complexity index is 1110. The Labute approximate surface area is 211 Å². The van der Waals surface area contributed by atoms with E-state index in [-0.39, 0.29) is 17.9 Å². The lowest BCUT2D eigenvalue weighted by Crippen LogP contribution is -2.54. The zero-order chi connectivity index (χ0) is 25.3. The fourth-order valence-electron chi connectivity index (χ4n) is 6.92. The molecule has 0 radical (unpaired) electrons. The molecule has 36 heavy (non-hydrogen) atoms.